The molecule has 0 fully saturated rings. The summed E-state index contributed by atoms with van der Waals surface area (Å²) in [5, 5.41) is 9.24. The highest BCUT2D eigenvalue weighted by molar-refractivity contribution is 6.25. The minimum Gasteiger partial charge on any atom is -0.278 e. The number of hydrogen-bond donors (Lipinski definition) is 2. The van der Waals surface area contributed by atoms with Gasteiger partial charge in [-0.1, -0.05) is 97.1 Å². The Labute approximate surface area is 220 Å². The molecule has 0 aromatic heterocycles. The average Bonchev–Trinajstić information content (AvgIpc) is 3.48. The van der Waals surface area contributed by atoms with Crippen molar-refractivity contribution < 1.29 is 4.79 Å². The molecule has 5 aromatic rings. The normalized spacial score (nSPS) is 12.2. The third-order valence-electron chi connectivity index (χ3n) is 7.02. The highest BCUT2D eigenvalue weighted by Gasteiger charge is 2.25. The van der Waals surface area contributed by atoms with Crippen molar-refractivity contribution in [3.8, 4) is 22.3 Å². The number of nitrogens with zero attached hydrogens (tertiary/aromatic N) is 2. The summed E-state index contributed by atoms with van der Waals surface area (Å²) in [7, 11) is 0. The maximum atomic E-state index is 12.9. The first-order valence-electron chi connectivity index (χ1n) is 12.5. The summed E-state index contributed by atoms with van der Waals surface area (Å²) in [4.78, 5) is 12.9. The summed E-state index contributed by atoms with van der Waals surface area (Å²) in [5.74, 6) is -0.268. The molecule has 7 rings (SSSR count). The molecule has 0 spiro atoms. The standard InChI is InChI=1S/C33H22N4O/c38-33(37-36-32-29-15-7-3-11-25(29)26-12-4-8-16-30(26)32)21-17-19-22(20-18-21)34-35-31-27-13-5-1-9-23(27)24-10-2-6-14-28(24)31/h1-20,34H,(H,37,38). The lowest BCUT2D eigenvalue weighted by atomic mass is 10.1. The van der Waals surface area contributed by atoms with E-state index >= 15 is 0 Å². The Kier molecular flexibility index (Phi) is 5.19. The van der Waals surface area contributed by atoms with Crippen molar-refractivity contribution in [1.82, 2.24) is 5.43 Å². The predicted octanol–water partition coefficient (Wildman–Crippen LogP) is 6.69. The molecule has 0 bridgehead atoms. The highest BCUT2D eigenvalue weighted by Crippen LogP contribution is 2.37. The number of hydrogen-bond acceptors (Lipinski definition) is 4. The van der Waals surface area contributed by atoms with Gasteiger partial charge in [0.05, 0.1) is 17.1 Å². The zero-order valence-corrected chi connectivity index (χ0v) is 20.3. The van der Waals surface area contributed by atoms with E-state index in [-0.39, 0.29) is 5.91 Å². The number of anilines is 1. The molecule has 0 saturated carbocycles. The van der Waals surface area contributed by atoms with Crippen LogP contribution in [0.15, 0.2) is 132 Å². The van der Waals surface area contributed by atoms with E-state index in [0.717, 1.165) is 50.5 Å². The van der Waals surface area contributed by atoms with E-state index in [1.807, 2.05) is 72.8 Å². The van der Waals surface area contributed by atoms with Crippen LogP contribution in [0.1, 0.15) is 32.6 Å². The fraction of sp³-hybridized carbons (Fsp3) is 0. The van der Waals surface area contributed by atoms with E-state index in [2.05, 4.69) is 52.4 Å². The molecule has 0 radical (unpaired) electrons. The van der Waals surface area contributed by atoms with Crippen LogP contribution in [0.2, 0.25) is 0 Å². The Hall–Kier alpha value is -5.29. The van der Waals surface area contributed by atoms with E-state index in [4.69, 9.17) is 5.10 Å². The number of rotatable bonds is 4. The van der Waals surface area contributed by atoms with Crippen molar-refractivity contribution >= 4 is 23.0 Å². The number of fused-ring (bicyclic) bond motifs is 6. The molecule has 38 heavy (non-hydrogen) atoms. The molecule has 2 aliphatic rings. The summed E-state index contributed by atoms with van der Waals surface area (Å²) in [6.07, 6.45) is 0. The lowest BCUT2D eigenvalue weighted by Crippen LogP contribution is -2.19. The van der Waals surface area contributed by atoms with Crippen molar-refractivity contribution in [2.45, 2.75) is 0 Å². The molecular formula is C33H22N4O. The summed E-state index contributed by atoms with van der Waals surface area (Å²) in [5.41, 5.74) is 17.8. The van der Waals surface area contributed by atoms with Gasteiger partial charge in [0.2, 0.25) is 0 Å². The SMILES string of the molecule is O=C(NN=C1c2ccccc2-c2ccccc21)c1ccc(NN=C2c3ccccc3-c3ccccc32)cc1. The minimum absolute atomic E-state index is 0.268. The molecule has 1 amide bonds. The molecule has 0 heterocycles. The van der Waals surface area contributed by atoms with Crippen molar-refractivity contribution in [3.63, 3.8) is 0 Å². The van der Waals surface area contributed by atoms with Gasteiger partial charge in [0, 0.05) is 27.8 Å². The first-order valence-corrected chi connectivity index (χ1v) is 12.5. The van der Waals surface area contributed by atoms with Crippen LogP contribution in [0, 0.1) is 0 Å². The van der Waals surface area contributed by atoms with Gasteiger partial charge in [-0.2, -0.15) is 10.2 Å². The highest BCUT2D eigenvalue weighted by atomic mass is 16.2. The Morgan fingerprint density at radius 2 is 0.816 bits per heavy atom. The average molecular weight is 491 g/mol. The topological polar surface area (TPSA) is 65.8 Å². The maximum absolute atomic E-state index is 12.9. The van der Waals surface area contributed by atoms with E-state index in [0.29, 0.717) is 5.56 Å². The van der Waals surface area contributed by atoms with E-state index in [1.54, 1.807) is 12.1 Å². The monoisotopic (exact) mass is 490 g/mol. The lowest BCUT2D eigenvalue weighted by molar-refractivity contribution is 0.0955. The van der Waals surface area contributed by atoms with Crippen LogP contribution in [0.4, 0.5) is 5.69 Å². The molecule has 0 saturated heterocycles. The fourth-order valence-electron chi connectivity index (χ4n) is 5.22. The van der Waals surface area contributed by atoms with Crippen LogP contribution < -0.4 is 10.9 Å². The van der Waals surface area contributed by atoms with Gasteiger partial charge in [0.15, 0.2) is 0 Å². The van der Waals surface area contributed by atoms with Gasteiger partial charge in [-0.05, 0) is 46.5 Å². The van der Waals surface area contributed by atoms with Gasteiger partial charge in [-0.3, -0.25) is 10.2 Å². The summed E-state index contributed by atoms with van der Waals surface area (Å²) < 4.78 is 0. The van der Waals surface area contributed by atoms with Crippen LogP contribution in [-0.4, -0.2) is 17.3 Å². The van der Waals surface area contributed by atoms with Crippen LogP contribution >= 0.6 is 0 Å². The molecule has 5 nitrogen and oxygen atoms in total. The second-order valence-electron chi connectivity index (χ2n) is 9.23. The summed E-state index contributed by atoms with van der Waals surface area (Å²) in [6, 6.07) is 40.0. The van der Waals surface area contributed by atoms with Crippen LogP contribution in [0.5, 0.6) is 0 Å². The number of carbonyl (C=O) groups excluding carboxylic acids is 1. The van der Waals surface area contributed by atoms with E-state index < -0.39 is 0 Å². The first-order chi connectivity index (χ1) is 18.8. The Morgan fingerprint density at radius 3 is 1.24 bits per heavy atom. The molecule has 0 aliphatic heterocycles. The minimum atomic E-state index is -0.268. The van der Waals surface area contributed by atoms with Gasteiger partial charge in [-0.15, -0.1) is 0 Å². The Morgan fingerprint density at radius 1 is 0.447 bits per heavy atom. The molecule has 0 atom stereocenters. The fourth-order valence-corrected chi connectivity index (χ4v) is 5.22. The molecule has 180 valence electrons. The molecule has 2 aliphatic carbocycles. The van der Waals surface area contributed by atoms with E-state index in [1.165, 1.54) is 11.1 Å². The number of hydrazone groups is 2. The number of nitrogens with one attached hydrogen (secondary N) is 2. The second-order valence-corrected chi connectivity index (χ2v) is 9.23. The van der Waals surface area contributed by atoms with Crippen LogP contribution in [0.3, 0.4) is 0 Å². The number of amides is 1. The van der Waals surface area contributed by atoms with Gasteiger partial charge < -0.3 is 0 Å². The third kappa shape index (κ3) is 3.61. The zero-order valence-electron chi connectivity index (χ0n) is 20.3. The Bertz CT molecular complexity index is 1690. The smallest absolute Gasteiger partial charge is 0.271 e. The number of carbonyl (C=O) groups is 1. The van der Waals surface area contributed by atoms with Crippen molar-refractivity contribution in [1.29, 1.82) is 0 Å². The molecule has 0 unspecified atom stereocenters. The van der Waals surface area contributed by atoms with Crippen molar-refractivity contribution in [3.05, 3.63) is 149 Å². The van der Waals surface area contributed by atoms with Crippen molar-refractivity contribution in [2.75, 3.05) is 5.43 Å². The van der Waals surface area contributed by atoms with Gasteiger partial charge in [-0.25, -0.2) is 5.43 Å². The second kappa shape index (κ2) is 8.98. The third-order valence-corrected chi connectivity index (χ3v) is 7.02. The van der Waals surface area contributed by atoms with Crippen LogP contribution in [-0.2, 0) is 0 Å². The first kappa shape index (κ1) is 21.9. The van der Waals surface area contributed by atoms with Crippen molar-refractivity contribution in [2.24, 2.45) is 10.2 Å². The summed E-state index contributed by atoms with van der Waals surface area (Å²) in [6.45, 7) is 0. The van der Waals surface area contributed by atoms with E-state index in [9.17, 15) is 4.79 Å². The quantitative estimate of drug-likeness (QED) is 0.270. The van der Waals surface area contributed by atoms with Gasteiger partial charge in [0.1, 0.15) is 0 Å². The number of benzene rings is 5. The van der Waals surface area contributed by atoms with Crippen LogP contribution in [0.25, 0.3) is 22.3 Å². The largest absolute Gasteiger partial charge is 0.278 e. The summed E-state index contributed by atoms with van der Waals surface area (Å²) >= 11 is 0. The zero-order chi connectivity index (χ0) is 25.5. The maximum Gasteiger partial charge on any atom is 0.271 e. The molecule has 5 aromatic carbocycles. The van der Waals surface area contributed by atoms with Gasteiger partial charge >= 0.3 is 0 Å². The molecule has 5 heteroatoms. The molecule has 2 N–H and O–H groups in total. The van der Waals surface area contributed by atoms with Gasteiger partial charge in [0.25, 0.3) is 5.91 Å². The predicted molar refractivity (Wildman–Crippen MR) is 153 cm³/mol. The lowest BCUT2D eigenvalue weighted by Gasteiger charge is -2.06. The molecular weight excluding hydrogens is 468 g/mol. The Balaban J connectivity index is 1.10.